The van der Waals surface area contributed by atoms with Crippen molar-refractivity contribution in [2.75, 3.05) is 25.6 Å². The number of hydrogen-bond donors (Lipinski definition) is 1. The SMILES string of the molecule is COCCCCNc1nccc(-c2ccc(Cl)cc2Cl)c1[N+](=O)[O-]. The van der Waals surface area contributed by atoms with Crippen molar-refractivity contribution >= 4 is 34.7 Å². The van der Waals surface area contributed by atoms with Crippen LogP contribution < -0.4 is 5.32 Å². The molecule has 2 aromatic rings. The van der Waals surface area contributed by atoms with Crippen LogP contribution in [0.5, 0.6) is 0 Å². The van der Waals surface area contributed by atoms with E-state index in [9.17, 15) is 10.1 Å². The summed E-state index contributed by atoms with van der Waals surface area (Å²) in [6.07, 6.45) is 3.20. The molecule has 0 aliphatic carbocycles. The largest absolute Gasteiger partial charge is 0.385 e. The molecular formula is C16H17Cl2N3O3. The number of methoxy groups -OCH3 is 1. The Morgan fingerprint density at radius 2 is 2.04 bits per heavy atom. The Labute approximate surface area is 149 Å². The smallest absolute Gasteiger partial charge is 0.319 e. The highest BCUT2D eigenvalue weighted by molar-refractivity contribution is 6.36. The van der Waals surface area contributed by atoms with Crippen LogP contribution in [0.4, 0.5) is 11.5 Å². The standard InChI is InChI=1S/C16H17Cl2N3O3/c1-24-9-3-2-7-19-16-15(21(22)23)13(6-8-20-16)12-5-4-11(17)10-14(12)18/h4-6,8,10H,2-3,7,9H2,1H3,(H,19,20). The molecule has 2 rings (SSSR count). The van der Waals surface area contributed by atoms with Crippen molar-refractivity contribution < 1.29 is 9.66 Å². The molecule has 0 bridgehead atoms. The molecule has 1 aromatic heterocycles. The summed E-state index contributed by atoms with van der Waals surface area (Å²) in [5.74, 6) is 0.223. The highest BCUT2D eigenvalue weighted by Gasteiger charge is 2.23. The lowest BCUT2D eigenvalue weighted by atomic mass is 10.0. The third-order valence-corrected chi connectivity index (χ3v) is 3.94. The fraction of sp³-hybridized carbons (Fsp3) is 0.312. The fourth-order valence-corrected chi connectivity index (χ4v) is 2.78. The van der Waals surface area contributed by atoms with Gasteiger partial charge in [0.2, 0.25) is 5.82 Å². The number of hydrogen-bond acceptors (Lipinski definition) is 5. The molecule has 0 fully saturated rings. The first-order valence-electron chi connectivity index (χ1n) is 7.36. The average Bonchev–Trinajstić information content (AvgIpc) is 2.54. The summed E-state index contributed by atoms with van der Waals surface area (Å²) in [5.41, 5.74) is 0.835. The van der Waals surface area contributed by atoms with E-state index in [2.05, 4.69) is 10.3 Å². The number of benzene rings is 1. The lowest BCUT2D eigenvalue weighted by Gasteiger charge is -2.10. The van der Waals surface area contributed by atoms with Gasteiger partial charge in [-0.15, -0.1) is 0 Å². The first-order chi connectivity index (χ1) is 11.5. The van der Waals surface area contributed by atoms with E-state index in [1.165, 1.54) is 6.20 Å². The summed E-state index contributed by atoms with van der Waals surface area (Å²) in [7, 11) is 1.64. The summed E-state index contributed by atoms with van der Waals surface area (Å²) in [6, 6.07) is 6.43. The monoisotopic (exact) mass is 369 g/mol. The highest BCUT2D eigenvalue weighted by Crippen LogP contribution is 2.38. The molecule has 1 N–H and O–H groups in total. The zero-order valence-electron chi connectivity index (χ0n) is 13.1. The Kier molecular flexibility index (Phi) is 6.78. The van der Waals surface area contributed by atoms with Gasteiger partial charge in [-0.1, -0.05) is 29.3 Å². The predicted octanol–water partition coefficient (Wildman–Crippen LogP) is 4.80. The van der Waals surface area contributed by atoms with Crippen molar-refractivity contribution in [3.63, 3.8) is 0 Å². The van der Waals surface area contributed by atoms with Crippen LogP contribution in [0.3, 0.4) is 0 Å². The van der Waals surface area contributed by atoms with Gasteiger partial charge in [-0.2, -0.15) is 0 Å². The number of anilines is 1. The summed E-state index contributed by atoms with van der Waals surface area (Å²) < 4.78 is 4.98. The second-order valence-corrected chi connectivity index (χ2v) is 5.91. The van der Waals surface area contributed by atoms with Crippen LogP contribution in [0.2, 0.25) is 10.0 Å². The maximum absolute atomic E-state index is 11.6. The third-order valence-electron chi connectivity index (χ3n) is 3.40. The van der Waals surface area contributed by atoms with Crippen LogP contribution in [0, 0.1) is 10.1 Å². The van der Waals surface area contributed by atoms with Gasteiger partial charge in [0.05, 0.1) is 15.5 Å². The molecule has 8 heteroatoms. The van der Waals surface area contributed by atoms with Gasteiger partial charge in [0.25, 0.3) is 0 Å². The summed E-state index contributed by atoms with van der Waals surface area (Å²) in [4.78, 5) is 15.2. The lowest BCUT2D eigenvalue weighted by Crippen LogP contribution is -2.08. The molecule has 0 saturated carbocycles. The molecule has 0 unspecified atom stereocenters. The van der Waals surface area contributed by atoms with Gasteiger partial charge in [0.1, 0.15) is 0 Å². The van der Waals surface area contributed by atoms with E-state index in [-0.39, 0.29) is 11.5 Å². The van der Waals surface area contributed by atoms with E-state index in [0.717, 1.165) is 12.8 Å². The fourth-order valence-electron chi connectivity index (χ4n) is 2.27. The van der Waals surface area contributed by atoms with E-state index in [4.69, 9.17) is 27.9 Å². The van der Waals surface area contributed by atoms with Crippen molar-refractivity contribution in [2.24, 2.45) is 0 Å². The van der Waals surface area contributed by atoms with E-state index in [0.29, 0.717) is 34.3 Å². The molecule has 0 aliphatic heterocycles. The zero-order valence-corrected chi connectivity index (χ0v) is 14.6. The van der Waals surface area contributed by atoms with Crippen LogP contribution in [0.1, 0.15) is 12.8 Å². The maximum atomic E-state index is 11.6. The minimum atomic E-state index is -0.454. The number of unbranched alkanes of at least 4 members (excludes halogenated alkanes) is 1. The summed E-state index contributed by atoms with van der Waals surface area (Å²) in [6.45, 7) is 1.21. The highest BCUT2D eigenvalue weighted by atomic mass is 35.5. The summed E-state index contributed by atoms with van der Waals surface area (Å²) in [5, 5.41) is 15.4. The summed E-state index contributed by atoms with van der Waals surface area (Å²) >= 11 is 12.1. The van der Waals surface area contributed by atoms with Crippen molar-refractivity contribution in [3.05, 3.63) is 50.6 Å². The molecule has 0 amide bonds. The number of nitro groups is 1. The van der Waals surface area contributed by atoms with Crippen LogP contribution in [0.15, 0.2) is 30.5 Å². The molecule has 0 spiro atoms. The van der Waals surface area contributed by atoms with Gasteiger partial charge in [-0.05, 0) is 31.0 Å². The second-order valence-electron chi connectivity index (χ2n) is 5.06. The Hall–Kier alpha value is -1.89. The van der Waals surface area contributed by atoms with Crippen molar-refractivity contribution in [2.45, 2.75) is 12.8 Å². The molecular weight excluding hydrogens is 353 g/mol. The van der Waals surface area contributed by atoms with Crippen LogP contribution >= 0.6 is 23.2 Å². The van der Waals surface area contributed by atoms with Gasteiger partial charge in [0.15, 0.2) is 0 Å². The molecule has 0 radical (unpaired) electrons. The molecule has 0 atom stereocenters. The van der Waals surface area contributed by atoms with E-state index in [1.807, 2.05) is 0 Å². The van der Waals surface area contributed by atoms with E-state index >= 15 is 0 Å². The van der Waals surface area contributed by atoms with Gasteiger partial charge in [-0.3, -0.25) is 10.1 Å². The average molecular weight is 370 g/mol. The molecule has 6 nitrogen and oxygen atoms in total. The van der Waals surface area contributed by atoms with Crippen LogP contribution in [-0.4, -0.2) is 30.2 Å². The van der Waals surface area contributed by atoms with Gasteiger partial charge in [-0.25, -0.2) is 4.98 Å². The molecule has 128 valence electrons. The number of nitrogens with one attached hydrogen (secondary N) is 1. The number of ether oxygens (including phenoxy) is 1. The molecule has 1 aromatic carbocycles. The minimum Gasteiger partial charge on any atom is -0.385 e. The molecule has 0 saturated heterocycles. The Bertz CT molecular complexity index is 726. The second kappa shape index (κ2) is 8.82. The predicted molar refractivity (Wildman–Crippen MR) is 95.9 cm³/mol. The first-order valence-corrected chi connectivity index (χ1v) is 8.11. The number of pyridine rings is 1. The molecule has 1 heterocycles. The number of halogens is 2. The topological polar surface area (TPSA) is 77.3 Å². The van der Waals surface area contributed by atoms with Crippen molar-refractivity contribution in [1.82, 2.24) is 4.98 Å². The zero-order chi connectivity index (χ0) is 17.5. The number of nitrogens with zero attached hydrogens (tertiary/aromatic N) is 2. The Morgan fingerprint density at radius 3 is 2.71 bits per heavy atom. The Morgan fingerprint density at radius 1 is 1.25 bits per heavy atom. The van der Waals surface area contributed by atoms with Crippen LogP contribution in [-0.2, 0) is 4.74 Å². The maximum Gasteiger partial charge on any atom is 0.319 e. The Balaban J connectivity index is 2.32. The quantitative estimate of drug-likeness (QED) is 0.410. The minimum absolute atomic E-state index is 0.103. The number of rotatable bonds is 8. The van der Waals surface area contributed by atoms with Gasteiger partial charge < -0.3 is 10.1 Å². The third kappa shape index (κ3) is 4.56. The van der Waals surface area contributed by atoms with Gasteiger partial charge in [0, 0.05) is 37.0 Å². The van der Waals surface area contributed by atoms with Crippen LogP contribution in [0.25, 0.3) is 11.1 Å². The lowest BCUT2D eigenvalue weighted by molar-refractivity contribution is -0.383. The van der Waals surface area contributed by atoms with Crippen molar-refractivity contribution in [3.8, 4) is 11.1 Å². The first kappa shape index (κ1) is 18.4. The molecule has 0 aliphatic rings. The van der Waals surface area contributed by atoms with E-state index < -0.39 is 4.92 Å². The number of aromatic nitrogens is 1. The van der Waals surface area contributed by atoms with Gasteiger partial charge >= 0.3 is 5.69 Å². The normalized spacial score (nSPS) is 10.6. The molecule has 24 heavy (non-hydrogen) atoms. The van der Waals surface area contributed by atoms with E-state index in [1.54, 1.807) is 31.4 Å². The van der Waals surface area contributed by atoms with Crippen molar-refractivity contribution in [1.29, 1.82) is 0 Å².